The van der Waals surface area contributed by atoms with E-state index in [1.807, 2.05) is 0 Å². The standard InChI is InChI=1S/C17H26N2/c1-17(2,14-7-4-3-5-8-14)13-18-15-10-12-19-11-6-9-16(15)19/h3-5,7-8,15-16,18H,6,9-13H2,1-2H3. The van der Waals surface area contributed by atoms with E-state index in [-0.39, 0.29) is 5.41 Å². The van der Waals surface area contributed by atoms with Crippen molar-refractivity contribution in [2.75, 3.05) is 19.6 Å². The van der Waals surface area contributed by atoms with E-state index >= 15 is 0 Å². The van der Waals surface area contributed by atoms with Crippen molar-refractivity contribution < 1.29 is 0 Å². The Kier molecular flexibility index (Phi) is 3.64. The van der Waals surface area contributed by atoms with E-state index in [2.05, 4.69) is 54.4 Å². The van der Waals surface area contributed by atoms with Gasteiger partial charge in [0.2, 0.25) is 0 Å². The van der Waals surface area contributed by atoms with Crippen molar-refractivity contribution >= 4 is 0 Å². The summed E-state index contributed by atoms with van der Waals surface area (Å²) in [5, 5.41) is 3.85. The van der Waals surface area contributed by atoms with Crippen molar-refractivity contribution in [3.8, 4) is 0 Å². The molecule has 2 fully saturated rings. The highest BCUT2D eigenvalue weighted by Crippen LogP contribution is 2.29. The van der Waals surface area contributed by atoms with E-state index in [1.165, 1.54) is 37.9 Å². The molecule has 1 N–H and O–H groups in total. The molecule has 1 aromatic rings. The minimum absolute atomic E-state index is 0.216. The van der Waals surface area contributed by atoms with E-state index < -0.39 is 0 Å². The molecule has 2 atom stereocenters. The molecule has 3 rings (SSSR count). The lowest BCUT2D eigenvalue weighted by Crippen LogP contribution is -2.44. The molecule has 1 aromatic carbocycles. The fourth-order valence-electron chi connectivity index (χ4n) is 3.70. The Morgan fingerprint density at radius 2 is 1.95 bits per heavy atom. The molecule has 2 heteroatoms. The van der Waals surface area contributed by atoms with Crippen molar-refractivity contribution in [2.24, 2.45) is 0 Å². The van der Waals surface area contributed by atoms with Gasteiger partial charge in [-0.15, -0.1) is 0 Å². The van der Waals surface area contributed by atoms with Gasteiger partial charge in [0.1, 0.15) is 0 Å². The lowest BCUT2D eigenvalue weighted by atomic mass is 9.84. The third-order valence-corrected chi connectivity index (χ3v) is 4.97. The summed E-state index contributed by atoms with van der Waals surface area (Å²) < 4.78 is 0. The van der Waals surface area contributed by atoms with E-state index in [9.17, 15) is 0 Å². The zero-order valence-electron chi connectivity index (χ0n) is 12.2. The van der Waals surface area contributed by atoms with Gasteiger partial charge in [-0.1, -0.05) is 44.2 Å². The second-order valence-corrected chi connectivity index (χ2v) is 6.77. The van der Waals surface area contributed by atoms with E-state index in [0.717, 1.165) is 12.6 Å². The molecular formula is C17H26N2. The lowest BCUT2D eigenvalue weighted by molar-refractivity contribution is 0.291. The lowest BCUT2D eigenvalue weighted by Gasteiger charge is -2.29. The third-order valence-electron chi connectivity index (χ3n) is 4.97. The molecule has 0 aliphatic carbocycles. The van der Waals surface area contributed by atoms with Gasteiger partial charge in [0.05, 0.1) is 0 Å². The van der Waals surface area contributed by atoms with Crippen molar-refractivity contribution in [3.63, 3.8) is 0 Å². The molecule has 0 radical (unpaired) electrons. The first-order valence-electron chi connectivity index (χ1n) is 7.70. The maximum atomic E-state index is 3.85. The molecule has 0 amide bonds. The summed E-state index contributed by atoms with van der Waals surface area (Å²) >= 11 is 0. The third kappa shape index (κ3) is 2.70. The Balaban J connectivity index is 1.60. The summed E-state index contributed by atoms with van der Waals surface area (Å²) in [5.74, 6) is 0. The van der Waals surface area contributed by atoms with Gasteiger partial charge in [-0.25, -0.2) is 0 Å². The smallest absolute Gasteiger partial charge is 0.0250 e. The molecule has 19 heavy (non-hydrogen) atoms. The van der Waals surface area contributed by atoms with Crippen LogP contribution in [0.4, 0.5) is 0 Å². The second-order valence-electron chi connectivity index (χ2n) is 6.77. The minimum Gasteiger partial charge on any atom is -0.312 e. The SMILES string of the molecule is CC(C)(CNC1CCN2CCCC12)c1ccccc1. The number of nitrogens with one attached hydrogen (secondary N) is 1. The molecule has 0 aromatic heterocycles. The van der Waals surface area contributed by atoms with E-state index in [4.69, 9.17) is 0 Å². The molecule has 2 heterocycles. The molecular weight excluding hydrogens is 232 g/mol. The van der Waals surface area contributed by atoms with Crippen LogP contribution in [0.3, 0.4) is 0 Å². The Morgan fingerprint density at radius 1 is 1.16 bits per heavy atom. The number of hydrogen-bond acceptors (Lipinski definition) is 2. The Bertz CT molecular complexity index is 413. The molecule has 2 unspecified atom stereocenters. The van der Waals surface area contributed by atoms with Gasteiger partial charge in [-0.2, -0.15) is 0 Å². The van der Waals surface area contributed by atoms with Crippen LogP contribution in [0.2, 0.25) is 0 Å². The highest BCUT2D eigenvalue weighted by molar-refractivity contribution is 5.24. The first-order valence-corrected chi connectivity index (χ1v) is 7.70. The highest BCUT2D eigenvalue weighted by atomic mass is 15.2. The van der Waals surface area contributed by atoms with Crippen LogP contribution >= 0.6 is 0 Å². The van der Waals surface area contributed by atoms with Crippen LogP contribution in [0.5, 0.6) is 0 Å². The second kappa shape index (κ2) is 5.26. The fourth-order valence-corrected chi connectivity index (χ4v) is 3.70. The van der Waals surface area contributed by atoms with E-state index in [1.54, 1.807) is 0 Å². The number of fused-ring (bicyclic) bond motifs is 1. The zero-order chi connectivity index (χ0) is 13.3. The van der Waals surface area contributed by atoms with Crippen LogP contribution in [-0.4, -0.2) is 36.6 Å². The Labute approximate surface area is 117 Å². The van der Waals surface area contributed by atoms with Crippen LogP contribution < -0.4 is 5.32 Å². The largest absolute Gasteiger partial charge is 0.312 e. The fraction of sp³-hybridized carbons (Fsp3) is 0.647. The highest BCUT2D eigenvalue weighted by Gasteiger charge is 2.37. The van der Waals surface area contributed by atoms with Crippen LogP contribution in [0.25, 0.3) is 0 Å². The van der Waals surface area contributed by atoms with Gasteiger partial charge >= 0.3 is 0 Å². The van der Waals surface area contributed by atoms with Crippen molar-refractivity contribution in [3.05, 3.63) is 35.9 Å². The van der Waals surface area contributed by atoms with Crippen molar-refractivity contribution in [1.29, 1.82) is 0 Å². The topological polar surface area (TPSA) is 15.3 Å². The van der Waals surface area contributed by atoms with Gasteiger partial charge in [0, 0.05) is 30.6 Å². The predicted molar refractivity (Wildman–Crippen MR) is 80.5 cm³/mol. The summed E-state index contributed by atoms with van der Waals surface area (Å²) in [4.78, 5) is 2.67. The number of benzene rings is 1. The molecule has 0 spiro atoms. The van der Waals surface area contributed by atoms with Gasteiger partial charge in [-0.05, 0) is 31.4 Å². The molecule has 2 saturated heterocycles. The van der Waals surface area contributed by atoms with Crippen molar-refractivity contribution in [2.45, 2.75) is 50.6 Å². The Hall–Kier alpha value is -0.860. The quantitative estimate of drug-likeness (QED) is 0.893. The maximum absolute atomic E-state index is 3.85. The van der Waals surface area contributed by atoms with Crippen LogP contribution in [0, 0.1) is 0 Å². The van der Waals surface area contributed by atoms with Gasteiger partial charge in [0.15, 0.2) is 0 Å². The average Bonchev–Trinajstić information content (AvgIpc) is 3.01. The van der Waals surface area contributed by atoms with Crippen LogP contribution in [0.15, 0.2) is 30.3 Å². The first kappa shape index (κ1) is 13.1. The maximum Gasteiger partial charge on any atom is 0.0250 e. The predicted octanol–water partition coefficient (Wildman–Crippen LogP) is 2.79. The summed E-state index contributed by atoms with van der Waals surface area (Å²) in [5.41, 5.74) is 1.65. The zero-order valence-corrected chi connectivity index (χ0v) is 12.2. The normalized spacial score (nSPS) is 27.7. The van der Waals surface area contributed by atoms with Crippen LogP contribution in [0.1, 0.15) is 38.7 Å². The Morgan fingerprint density at radius 3 is 2.74 bits per heavy atom. The van der Waals surface area contributed by atoms with Gasteiger partial charge in [-0.3, -0.25) is 4.90 Å². The van der Waals surface area contributed by atoms with E-state index in [0.29, 0.717) is 6.04 Å². The molecule has 2 nitrogen and oxygen atoms in total. The number of nitrogens with zero attached hydrogens (tertiary/aromatic N) is 1. The van der Waals surface area contributed by atoms with Crippen LogP contribution in [-0.2, 0) is 5.41 Å². The summed E-state index contributed by atoms with van der Waals surface area (Å²) in [6.07, 6.45) is 4.11. The van der Waals surface area contributed by atoms with Crippen molar-refractivity contribution in [1.82, 2.24) is 10.2 Å². The average molecular weight is 258 g/mol. The summed E-state index contributed by atoms with van der Waals surface area (Å²) in [6.45, 7) is 8.39. The molecule has 2 aliphatic rings. The summed E-state index contributed by atoms with van der Waals surface area (Å²) in [6, 6.07) is 12.4. The molecule has 2 aliphatic heterocycles. The monoisotopic (exact) mass is 258 g/mol. The van der Waals surface area contributed by atoms with Gasteiger partial charge in [0.25, 0.3) is 0 Å². The number of hydrogen-bond donors (Lipinski definition) is 1. The number of rotatable bonds is 4. The first-order chi connectivity index (χ1) is 9.17. The molecule has 0 bridgehead atoms. The minimum atomic E-state index is 0.216. The van der Waals surface area contributed by atoms with Gasteiger partial charge < -0.3 is 5.32 Å². The molecule has 104 valence electrons. The molecule has 0 saturated carbocycles. The summed E-state index contributed by atoms with van der Waals surface area (Å²) in [7, 11) is 0.